The Bertz CT molecular complexity index is 275. The normalized spacial score (nSPS) is 36.9. The van der Waals surface area contributed by atoms with Crippen molar-refractivity contribution in [3.05, 3.63) is 24.7 Å². The summed E-state index contributed by atoms with van der Waals surface area (Å²) in [6.07, 6.45) is 19.4. The molecule has 4 unspecified atom stereocenters. The smallest absolute Gasteiger partial charge is 0.0864 e. The van der Waals surface area contributed by atoms with Crippen LogP contribution < -0.4 is 0 Å². The van der Waals surface area contributed by atoms with Gasteiger partial charge >= 0.3 is 0 Å². The molecule has 2 rings (SSSR count). The zero-order chi connectivity index (χ0) is 13.5. The van der Waals surface area contributed by atoms with Gasteiger partial charge in [-0.15, -0.1) is 0 Å². The third-order valence-electron chi connectivity index (χ3n) is 5.16. The monoisotopic (exact) mass is 262 g/mol. The van der Waals surface area contributed by atoms with Gasteiger partial charge in [-0.3, -0.25) is 0 Å². The van der Waals surface area contributed by atoms with E-state index in [2.05, 4.69) is 26.0 Å². The van der Waals surface area contributed by atoms with E-state index < -0.39 is 0 Å². The Balaban J connectivity index is 1.70. The van der Waals surface area contributed by atoms with Crippen molar-refractivity contribution in [3.8, 4) is 0 Å². The van der Waals surface area contributed by atoms with Gasteiger partial charge in [0.2, 0.25) is 0 Å². The van der Waals surface area contributed by atoms with E-state index in [1.165, 1.54) is 51.4 Å². The summed E-state index contributed by atoms with van der Waals surface area (Å²) in [7, 11) is 0. The molecule has 2 fully saturated rings. The van der Waals surface area contributed by atoms with Crippen molar-refractivity contribution in [2.75, 3.05) is 0 Å². The Labute approximate surface area is 119 Å². The summed E-state index contributed by atoms with van der Waals surface area (Å²) in [5, 5.41) is 0. The molecule has 0 radical (unpaired) electrons. The molecular formula is C18H30O. The molecule has 1 heteroatoms. The Kier molecular flexibility index (Phi) is 6.00. The van der Waals surface area contributed by atoms with E-state index >= 15 is 0 Å². The van der Waals surface area contributed by atoms with Crippen molar-refractivity contribution in [2.24, 2.45) is 23.7 Å². The lowest BCUT2D eigenvalue weighted by Gasteiger charge is -2.26. The molecular weight excluding hydrogens is 232 g/mol. The van der Waals surface area contributed by atoms with Crippen LogP contribution in [0.1, 0.15) is 65.2 Å². The maximum atomic E-state index is 5.57. The van der Waals surface area contributed by atoms with Gasteiger partial charge in [0, 0.05) is 0 Å². The highest BCUT2D eigenvalue weighted by molar-refractivity contribution is 4.92. The van der Waals surface area contributed by atoms with Crippen LogP contribution in [0, 0.1) is 23.7 Å². The van der Waals surface area contributed by atoms with E-state index in [4.69, 9.17) is 4.74 Å². The lowest BCUT2D eigenvalue weighted by Crippen LogP contribution is -2.14. The summed E-state index contributed by atoms with van der Waals surface area (Å²) in [6, 6.07) is 0. The minimum atomic E-state index is 0.732. The number of rotatable bonds is 4. The first kappa shape index (κ1) is 14.7. The summed E-state index contributed by atoms with van der Waals surface area (Å²) in [5.74, 6) is 3.12. The van der Waals surface area contributed by atoms with Crippen LogP contribution in [0.5, 0.6) is 0 Å². The Morgan fingerprint density at radius 2 is 1.11 bits per heavy atom. The van der Waals surface area contributed by atoms with Crippen LogP contribution in [0.25, 0.3) is 0 Å². The second-order valence-corrected chi connectivity index (χ2v) is 6.64. The summed E-state index contributed by atoms with van der Waals surface area (Å²) >= 11 is 0. The molecule has 19 heavy (non-hydrogen) atoms. The van der Waals surface area contributed by atoms with Gasteiger partial charge in [0.15, 0.2) is 0 Å². The fourth-order valence-electron chi connectivity index (χ4n) is 3.60. The van der Waals surface area contributed by atoms with E-state index in [1.54, 1.807) is 0 Å². The highest BCUT2D eigenvalue weighted by Gasteiger charge is 2.19. The van der Waals surface area contributed by atoms with E-state index in [1.807, 2.05) is 12.5 Å². The Hall–Kier alpha value is -0.720. The first-order valence-electron chi connectivity index (χ1n) is 8.26. The molecule has 4 atom stereocenters. The predicted molar refractivity (Wildman–Crippen MR) is 81.6 cm³/mol. The molecule has 0 heterocycles. The summed E-state index contributed by atoms with van der Waals surface area (Å²) in [6.45, 7) is 4.74. The molecule has 0 bridgehead atoms. The zero-order valence-electron chi connectivity index (χ0n) is 12.7. The van der Waals surface area contributed by atoms with Gasteiger partial charge < -0.3 is 4.74 Å². The highest BCUT2D eigenvalue weighted by atomic mass is 16.5. The minimum Gasteiger partial charge on any atom is -0.473 e. The average Bonchev–Trinajstić information content (AvgIpc) is 2.42. The standard InChI is InChI=1S/C18H30O/c1-15-7-3-5-9-17(15)11-13-19-14-12-18-10-6-4-8-16(18)2/h11-18H,3-10H2,1-2H3. The van der Waals surface area contributed by atoms with Crippen LogP contribution in [0.3, 0.4) is 0 Å². The molecule has 2 saturated carbocycles. The minimum absolute atomic E-state index is 0.732. The third kappa shape index (κ3) is 4.71. The van der Waals surface area contributed by atoms with E-state index in [0.29, 0.717) is 0 Å². The second-order valence-electron chi connectivity index (χ2n) is 6.64. The topological polar surface area (TPSA) is 9.23 Å². The van der Waals surface area contributed by atoms with Gasteiger partial charge in [0.1, 0.15) is 0 Å². The lowest BCUT2D eigenvalue weighted by atomic mass is 9.80. The summed E-state index contributed by atoms with van der Waals surface area (Å²) in [5.41, 5.74) is 0. The van der Waals surface area contributed by atoms with Crippen molar-refractivity contribution in [1.82, 2.24) is 0 Å². The Morgan fingerprint density at radius 1 is 0.684 bits per heavy atom. The van der Waals surface area contributed by atoms with E-state index in [-0.39, 0.29) is 0 Å². The van der Waals surface area contributed by atoms with Gasteiger partial charge in [0.05, 0.1) is 12.5 Å². The summed E-state index contributed by atoms with van der Waals surface area (Å²) < 4.78 is 5.57. The fourth-order valence-corrected chi connectivity index (χ4v) is 3.60. The maximum absolute atomic E-state index is 5.57. The van der Waals surface area contributed by atoms with Crippen molar-refractivity contribution < 1.29 is 4.74 Å². The lowest BCUT2D eigenvalue weighted by molar-refractivity contribution is 0.290. The molecule has 0 aliphatic heterocycles. The quantitative estimate of drug-likeness (QED) is 0.592. The number of hydrogen-bond acceptors (Lipinski definition) is 1. The van der Waals surface area contributed by atoms with E-state index in [0.717, 1.165) is 23.7 Å². The predicted octanol–water partition coefficient (Wildman–Crippen LogP) is 5.68. The van der Waals surface area contributed by atoms with Crippen LogP contribution in [0.4, 0.5) is 0 Å². The fraction of sp³-hybridized carbons (Fsp3) is 0.778. The van der Waals surface area contributed by atoms with Gasteiger partial charge in [-0.1, -0.05) is 52.4 Å². The van der Waals surface area contributed by atoms with Crippen molar-refractivity contribution >= 4 is 0 Å². The second kappa shape index (κ2) is 7.77. The van der Waals surface area contributed by atoms with E-state index in [9.17, 15) is 0 Å². The molecule has 0 amide bonds. The molecule has 2 aliphatic carbocycles. The van der Waals surface area contributed by atoms with Crippen molar-refractivity contribution in [1.29, 1.82) is 0 Å². The van der Waals surface area contributed by atoms with Crippen molar-refractivity contribution in [2.45, 2.75) is 65.2 Å². The average molecular weight is 262 g/mol. The van der Waals surface area contributed by atoms with Crippen LogP contribution in [0.2, 0.25) is 0 Å². The first-order chi connectivity index (χ1) is 9.27. The van der Waals surface area contributed by atoms with Crippen LogP contribution in [-0.2, 0) is 4.74 Å². The van der Waals surface area contributed by atoms with Gasteiger partial charge in [0.25, 0.3) is 0 Å². The molecule has 0 N–H and O–H groups in total. The molecule has 2 aliphatic rings. The van der Waals surface area contributed by atoms with Crippen molar-refractivity contribution in [3.63, 3.8) is 0 Å². The van der Waals surface area contributed by atoms with Gasteiger partial charge in [-0.05, 0) is 48.7 Å². The van der Waals surface area contributed by atoms with Crippen LogP contribution in [-0.4, -0.2) is 0 Å². The number of hydrogen-bond donors (Lipinski definition) is 0. The number of ether oxygens (including phenoxy) is 1. The highest BCUT2D eigenvalue weighted by Crippen LogP contribution is 2.31. The third-order valence-corrected chi connectivity index (χ3v) is 5.16. The SMILES string of the molecule is CC1CCCCC1C=COC=CC1CCCCC1C. The van der Waals surface area contributed by atoms with Crippen LogP contribution >= 0.6 is 0 Å². The van der Waals surface area contributed by atoms with Gasteiger partial charge in [-0.25, -0.2) is 0 Å². The largest absolute Gasteiger partial charge is 0.473 e. The first-order valence-corrected chi connectivity index (χ1v) is 8.26. The number of allylic oxidation sites excluding steroid dienone is 2. The summed E-state index contributed by atoms with van der Waals surface area (Å²) in [4.78, 5) is 0. The molecule has 0 aromatic carbocycles. The zero-order valence-corrected chi connectivity index (χ0v) is 12.7. The Morgan fingerprint density at radius 3 is 1.53 bits per heavy atom. The molecule has 0 aromatic rings. The molecule has 0 saturated heterocycles. The molecule has 0 aromatic heterocycles. The van der Waals surface area contributed by atoms with Gasteiger partial charge in [-0.2, -0.15) is 0 Å². The molecule has 108 valence electrons. The maximum Gasteiger partial charge on any atom is 0.0864 e. The molecule has 0 spiro atoms. The van der Waals surface area contributed by atoms with Crippen LogP contribution in [0.15, 0.2) is 24.7 Å². The molecule has 1 nitrogen and oxygen atoms in total.